The number of aromatic nitrogens is 1. The lowest BCUT2D eigenvalue weighted by Gasteiger charge is -2.34. The Morgan fingerprint density at radius 1 is 0.923 bits per heavy atom. The fourth-order valence-corrected chi connectivity index (χ4v) is 6.01. The first-order chi connectivity index (χ1) is 18.5. The third-order valence-corrected chi connectivity index (χ3v) is 8.57. The molecule has 1 amide bonds. The maximum Gasteiger partial charge on any atom is 0.416 e. The number of carbonyl (C=O) groups is 1. The molecule has 0 spiro atoms. The minimum atomic E-state index is -4.65. The topological polar surface area (TPSA) is 82.6 Å². The van der Waals surface area contributed by atoms with E-state index in [0.717, 1.165) is 44.8 Å². The zero-order valence-electron chi connectivity index (χ0n) is 20.3. The van der Waals surface area contributed by atoms with Gasteiger partial charge in [-0.1, -0.05) is 17.7 Å². The van der Waals surface area contributed by atoms with Gasteiger partial charge in [-0.05, 0) is 66.7 Å². The fourth-order valence-electron chi connectivity index (χ4n) is 4.38. The minimum absolute atomic E-state index is 0.0247. The van der Waals surface area contributed by atoms with Crippen molar-refractivity contribution >= 4 is 49.8 Å². The predicted molar refractivity (Wildman–Crippen MR) is 143 cm³/mol. The van der Waals surface area contributed by atoms with Crippen molar-refractivity contribution in [1.82, 2.24) is 14.2 Å². The van der Waals surface area contributed by atoms with Crippen LogP contribution in [0.3, 0.4) is 0 Å². The summed E-state index contributed by atoms with van der Waals surface area (Å²) in [5.74, 6) is -0.262. The molecule has 0 aliphatic carbocycles. The van der Waals surface area contributed by atoms with E-state index in [1.165, 1.54) is 4.90 Å². The molecule has 1 aliphatic rings. The van der Waals surface area contributed by atoms with Gasteiger partial charge in [-0.2, -0.15) is 17.5 Å². The maximum atomic E-state index is 13.0. The summed E-state index contributed by atoms with van der Waals surface area (Å²) in [6.45, 7) is 0.178. The Morgan fingerprint density at radius 3 is 2.33 bits per heavy atom. The largest absolute Gasteiger partial charge is 0.416 e. The molecule has 0 atom stereocenters. The Labute approximate surface area is 227 Å². The van der Waals surface area contributed by atoms with Crippen LogP contribution in [0.4, 0.5) is 24.5 Å². The minimum Gasteiger partial charge on any atom is -0.355 e. The number of alkyl halides is 3. The summed E-state index contributed by atoms with van der Waals surface area (Å²) in [6, 6.07) is 17.8. The van der Waals surface area contributed by atoms with Crippen molar-refractivity contribution < 1.29 is 26.4 Å². The van der Waals surface area contributed by atoms with E-state index in [1.54, 1.807) is 42.6 Å². The van der Waals surface area contributed by atoms with Crippen LogP contribution in [0.25, 0.3) is 10.9 Å². The first-order valence-corrected chi connectivity index (χ1v) is 13.7. The second-order valence-electron chi connectivity index (χ2n) is 8.94. The average Bonchev–Trinajstić information content (AvgIpc) is 2.93. The first kappa shape index (κ1) is 26.9. The predicted octanol–water partition coefficient (Wildman–Crippen LogP) is 5.80. The number of hydrogen-bond donors (Lipinski definition) is 1. The second kappa shape index (κ2) is 10.5. The van der Waals surface area contributed by atoms with Gasteiger partial charge in [-0.3, -0.25) is 9.78 Å². The van der Waals surface area contributed by atoms with Crippen molar-refractivity contribution in [2.45, 2.75) is 11.1 Å². The molecule has 3 aromatic carbocycles. The van der Waals surface area contributed by atoms with Crippen LogP contribution >= 0.6 is 11.6 Å². The monoisotopic (exact) mass is 574 g/mol. The Bertz CT molecular complexity index is 1640. The summed E-state index contributed by atoms with van der Waals surface area (Å²) < 4.78 is 66.1. The molecule has 4 aromatic rings. The number of pyridine rings is 1. The molecule has 1 aliphatic heterocycles. The summed E-state index contributed by atoms with van der Waals surface area (Å²) >= 11 is 6.06. The van der Waals surface area contributed by atoms with Crippen LogP contribution in [-0.2, 0) is 16.2 Å². The van der Waals surface area contributed by atoms with Crippen molar-refractivity contribution in [3.8, 4) is 0 Å². The van der Waals surface area contributed by atoms with Gasteiger partial charge in [0.15, 0.2) is 0 Å². The Morgan fingerprint density at radius 2 is 1.64 bits per heavy atom. The van der Waals surface area contributed by atoms with E-state index in [2.05, 4.69) is 10.3 Å². The third-order valence-electron chi connectivity index (χ3n) is 6.44. The number of fused-ring (bicyclic) bond motifs is 1. The summed E-state index contributed by atoms with van der Waals surface area (Å²) in [5, 5.41) is 4.79. The van der Waals surface area contributed by atoms with E-state index in [1.807, 2.05) is 12.1 Å². The van der Waals surface area contributed by atoms with Crippen LogP contribution in [0.5, 0.6) is 0 Å². The van der Waals surface area contributed by atoms with Crippen molar-refractivity contribution in [2.24, 2.45) is 0 Å². The molecular formula is C27H22ClF3N4O3S. The molecule has 7 nitrogen and oxygen atoms in total. The molecule has 12 heteroatoms. The molecule has 0 saturated carbocycles. The number of hydrogen-bond acceptors (Lipinski definition) is 5. The van der Waals surface area contributed by atoms with Crippen LogP contribution in [0.2, 0.25) is 5.02 Å². The molecule has 2 heterocycles. The second-order valence-corrected chi connectivity index (χ2v) is 11.3. The lowest BCUT2D eigenvalue weighted by molar-refractivity contribution is -0.137. The Balaban J connectivity index is 1.23. The molecule has 0 radical (unpaired) electrons. The van der Waals surface area contributed by atoms with Crippen LogP contribution in [0.1, 0.15) is 15.9 Å². The van der Waals surface area contributed by atoms with E-state index in [0.29, 0.717) is 16.7 Å². The van der Waals surface area contributed by atoms with Gasteiger partial charge in [0.2, 0.25) is 10.0 Å². The summed E-state index contributed by atoms with van der Waals surface area (Å²) in [5.41, 5.74) is 1.73. The summed E-state index contributed by atoms with van der Waals surface area (Å²) in [4.78, 5) is 18.5. The van der Waals surface area contributed by atoms with E-state index in [9.17, 15) is 26.4 Å². The number of benzene rings is 3. The number of nitrogens with one attached hydrogen (secondary N) is 1. The standard InChI is InChI=1S/C27H22ClF3N4O3S/c28-20-6-9-23-24(10-11-32-25(23)17-20)33-21-7-4-18(5-8-21)26(36)34-12-14-35(15-13-34)39(37,38)22-3-1-2-19(16-22)27(29,30)31/h1-11,16-17H,12-15H2,(H,32,33). The Kier molecular flexibility index (Phi) is 7.23. The maximum absolute atomic E-state index is 13.0. The van der Waals surface area contributed by atoms with Gasteiger partial charge in [0.05, 0.1) is 16.0 Å². The molecule has 1 N–H and O–H groups in total. The highest BCUT2D eigenvalue weighted by Gasteiger charge is 2.34. The van der Waals surface area contributed by atoms with Crippen LogP contribution in [0, 0.1) is 0 Å². The molecule has 5 rings (SSSR count). The third kappa shape index (κ3) is 5.70. The van der Waals surface area contributed by atoms with Crippen LogP contribution in [-0.4, -0.2) is 54.7 Å². The number of sulfonamides is 1. The normalized spacial score (nSPS) is 14.9. The first-order valence-electron chi connectivity index (χ1n) is 11.9. The zero-order chi connectivity index (χ0) is 27.8. The van der Waals surface area contributed by atoms with Gasteiger partial charge in [0.1, 0.15) is 0 Å². The summed E-state index contributed by atoms with van der Waals surface area (Å²) in [6.07, 6.45) is -2.98. The van der Waals surface area contributed by atoms with Crippen LogP contribution < -0.4 is 5.32 Å². The summed E-state index contributed by atoms with van der Waals surface area (Å²) in [7, 11) is -4.14. The molecule has 202 valence electrons. The van der Waals surface area contributed by atoms with Gasteiger partial charge in [-0.25, -0.2) is 8.42 Å². The number of amides is 1. The molecule has 0 bridgehead atoms. The number of halogens is 4. The van der Waals surface area contributed by atoms with Gasteiger partial charge >= 0.3 is 6.18 Å². The van der Waals surface area contributed by atoms with Crippen molar-refractivity contribution in [3.63, 3.8) is 0 Å². The van der Waals surface area contributed by atoms with E-state index >= 15 is 0 Å². The van der Waals surface area contributed by atoms with Crippen molar-refractivity contribution in [2.75, 3.05) is 31.5 Å². The van der Waals surface area contributed by atoms with E-state index in [4.69, 9.17) is 11.6 Å². The highest BCUT2D eigenvalue weighted by molar-refractivity contribution is 7.89. The number of piperazine rings is 1. The van der Waals surface area contributed by atoms with Crippen LogP contribution in [0.15, 0.2) is 83.9 Å². The van der Waals surface area contributed by atoms with E-state index < -0.39 is 26.7 Å². The SMILES string of the molecule is O=C(c1ccc(Nc2ccnc3cc(Cl)ccc23)cc1)N1CCN(S(=O)(=O)c2cccc(C(F)(F)F)c2)CC1. The quantitative estimate of drug-likeness (QED) is 0.326. The average molecular weight is 575 g/mol. The molecular weight excluding hydrogens is 553 g/mol. The highest BCUT2D eigenvalue weighted by Crippen LogP contribution is 2.31. The van der Waals surface area contributed by atoms with Crippen molar-refractivity contribution in [3.05, 3.63) is 95.1 Å². The fraction of sp³-hybridized carbons (Fsp3) is 0.185. The smallest absolute Gasteiger partial charge is 0.355 e. The van der Waals surface area contributed by atoms with Gasteiger partial charge in [0.25, 0.3) is 5.91 Å². The number of anilines is 2. The molecule has 1 fully saturated rings. The lowest BCUT2D eigenvalue weighted by atomic mass is 10.1. The van der Waals surface area contributed by atoms with Crippen molar-refractivity contribution in [1.29, 1.82) is 0 Å². The Hall–Kier alpha value is -3.67. The number of rotatable bonds is 5. The number of nitrogens with zero attached hydrogens (tertiary/aromatic N) is 3. The highest BCUT2D eigenvalue weighted by atomic mass is 35.5. The molecule has 39 heavy (non-hydrogen) atoms. The zero-order valence-corrected chi connectivity index (χ0v) is 21.9. The van der Waals surface area contributed by atoms with Gasteiger partial charge < -0.3 is 10.2 Å². The van der Waals surface area contributed by atoms with Gasteiger partial charge in [-0.15, -0.1) is 0 Å². The number of carbonyl (C=O) groups excluding carboxylic acids is 1. The molecule has 0 unspecified atom stereocenters. The van der Waals surface area contributed by atoms with Gasteiger partial charge in [0, 0.05) is 59.7 Å². The lowest BCUT2D eigenvalue weighted by Crippen LogP contribution is -2.50. The molecule has 1 saturated heterocycles. The molecule has 1 aromatic heterocycles. The van der Waals surface area contributed by atoms with E-state index in [-0.39, 0.29) is 32.1 Å².